The molecule has 0 radical (unpaired) electrons. The highest BCUT2D eigenvalue weighted by molar-refractivity contribution is 6.40. The quantitative estimate of drug-likeness (QED) is 0.831. The Morgan fingerprint density at radius 3 is 2.70 bits per heavy atom. The van der Waals surface area contributed by atoms with Crippen molar-refractivity contribution in [1.82, 2.24) is 10.2 Å². The SMILES string of the molecule is Cc1ccc(C)c(N2N=C(C(=O)N[C@H](C)C3=CCN(C)CC3)CCC2=O)c1. The number of likely N-dealkylation sites (N-methyl/N-ethyl adjacent to an activating group) is 1. The van der Waals surface area contributed by atoms with Gasteiger partial charge in [-0.1, -0.05) is 18.2 Å². The average Bonchev–Trinajstić information content (AvgIpc) is 2.64. The highest BCUT2D eigenvalue weighted by Gasteiger charge is 2.27. The fraction of sp³-hybridized carbons (Fsp3) is 0.476. The number of carbonyl (C=O) groups is 2. The number of nitrogens with zero attached hydrogens (tertiary/aromatic N) is 3. The van der Waals surface area contributed by atoms with Crippen LogP contribution in [0.2, 0.25) is 0 Å². The molecule has 27 heavy (non-hydrogen) atoms. The molecule has 1 N–H and O–H groups in total. The fourth-order valence-electron chi connectivity index (χ4n) is 3.40. The minimum absolute atomic E-state index is 0.0271. The number of benzene rings is 1. The highest BCUT2D eigenvalue weighted by Crippen LogP contribution is 2.25. The van der Waals surface area contributed by atoms with Crippen LogP contribution in [0.15, 0.2) is 34.9 Å². The standard InChI is InChI=1S/C21H28N4O2/c1-14-5-6-15(2)19(13-14)25-20(26)8-7-18(23-25)21(27)22-16(3)17-9-11-24(4)12-10-17/h5-6,9,13,16H,7-8,10-12H2,1-4H3,(H,22,27)/t16-/m1/s1. The third kappa shape index (κ3) is 4.45. The van der Waals surface area contributed by atoms with Gasteiger partial charge in [0.2, 0.25) is 5.91 Å². The number of hydrogen-bond acceptors (Lipinski definition) is 4. The Hall–Kier alpha value is -2.47. The van der Waals surface area contributed by atoms with Crippen LogP contribution in [0, 0.1) is 13.8 Å². The van der Waals surface area contributed by atoms with Crippen LogP contribution in [0.4, 0.5) is 5.69 Å². The van der Waals surface area contributed by atoms with Gasteiger partial charge in [-0.25, -0.2) is 5.01 Å². The van der Waals surface area contributed by atoms with E-state index in [9.17, 15) is 9.59 Å². The third-order valence-corrected chi connectivity index (χ3v) is 5.24. The van der Waals surface area contributed by atoms with Crippen LogP contribution < -0.4 is 10.3 Å². The number of aryl methyl sites for hydroxylation is 2. The molecule has 0 bridgehead atoms. The van der Waals surface area contributed by atoms with Gasteiger partial charge < -0.3 is 10.2 Å². The molecular weight excluding hydrogens is 340 g/mol. The summed E-state index contributed by atoms with van der Waals surface area (Å²) in [5.74, 6) is -0.267. The van der Waals surface area contributed by atoms with Crippen LogP contribution in [0.5, 0.6) is 0 Å². The third-order valence-electron chi connectivity index (χ3n) is 5.24. The van der Waals surface area contributed by atoms with Gasteiger partial charge in [-0.3, -0.25) is 9.59 Å². The minimum atomic E-state index is -0.190. The molecule has 6 heteroatoms. The van der Waals surface area contributed by atoms with Crippen molar-refractivity contribution in [3.05, 3.63) is 41.0 Å². The molecule has 6 nitrogen and oxygen atoms in total. The predicted octanol–water partition coefficient (Wildman–Crippen LogP) is 2.55. The molecule has 2 aliphatic heterocycles. The predicted molar refractivity (Wildman–Crippen MR) is 108 cm³/mol. The van der Waals surface area contributed by atoms with Gasteiger partial charge in [-0.2, -0.15) is 5.10 Å². The molecule has 0 spiro atoms. The lowest BCUT2D eigenvalue weighted by atomic mass is 10.0. The Kier molecular flexibility index (Phi) is 5.75. The van der Waals surface area contributed by atoms with Gasteiger partial charge in [-0.15, -0.1) is 0 Å². The first kappa shape index (κ1) is 19.3. The number of hydrogen-bond donors (Lipinski definition) is 1. The number of rotatable bonds is 4. The van der Waals surface area contributed by atoms with E-state index in [0.717, 1.165) is 36.3 Å². The van der Waals surface area contributed by atoms with Crippen LogP contribution in [-0.2, 0) is 9.59 Å². The first-order chi connectivity index (χ1) is 12.8. The van der Waals surface area contributed by atoms with E-state index >= 15 is 0 Å². The van der Waals surface area contributed by atoms with Crippen LogP contribution in [0.3, 0.4) is 0 Å². The monoisotopic (exact) mass is 368 g/mol. The van der Waals surface area contributed by atoms with Gasteiger partial charge in [0.25, 0.3) is 5.91 Å². The molecule has 1 aromatic carbocycles. The fourth-order valence-corrected chi connectivity index (χ4v) is 3.40. The second-order valence-electron chi connectivity index (χ2n) is 7.53. The van der Waals surface area contributed by atoms with E-state index in [4.69, 9.17) is 0 Å². The van der Waals surface area contributed by atoms with Crippen molar-refractivity contribution in [2.75, 3.05) is 25.1 Å². The molecule has 1 aromatic rings. The summed E-state index contributed by atoms with van der Waals surface area (Å²) in [7, 11) is 2.09. The smallest absolute Gasteiger partial charge is 0.267 e. The summed E-state index contributed by atoms with van der Waals surface area (Å²) in [5.41, 5.74) is 4.43. The molecule has 0 saturated carbocycles. The van der Waals surface area contributed by atoms with E-state index in [1.165, 1.54) is 10.6 Å². The maximum atomic E-state index is 12.7. The molecule has 1 atom stereocenters. The summed E-state index contributed by atoms with van der Waals surface area (Å²) in [6.45, 7) is 7.84. The number of carbonyl (C=O) groups excluding carboxylic acids is 2. The van der Waals surface area contributed by atoms with Gasteiger partial charge in [0.15, 0.2) is 0 Å². The molecule has 0 aromatic heterocycles. The zero-order valence-corrected chi connectivity index (χ0v) is 16.6. The molecule has 3 rings (SSSR count). The first-order valence-corrected chi connectivity index (χ1v) is 9.51. The van der Waals surface area contributed by atoms with E-state index in [0.29, 0.717) is 18.6 Å². The number of anilines is 1. The number of nitrogens with one attached hydrogen (secondary N) is 1. The molecule has 2 amide bonds. The number of hydrazone groups is 1. The van der Waals surface area contributed by atoms with Crippen LogP contribution >= 0.6 is 0 Å². The highest BCUT2D eigenvalue weighted by atomic mass is 16.2. The van der Waals surface area contributed by atoms with Crippen molar-refractivity contribution in [3.8, 4) is 0 Å². The van der Waals surface area contributed by atoms with E-state index in [2.05, 4.69) is 28.4 Å². The Balaban J connectivity index is 1.76. The summed E-state index contributed by atoms with van der Waals surface area (Å²) >= 11 is 0. The molecule has 2 heterocycles. The van der Waals surface area contributed by atoms with Crippen molar-refractivity contribution < 1.29 is 9.59 Å². The largest absolute Gasteiger partial charge is 0.345 e. The van der Waals surface area contributed by atoms with Crippen molar-refractivity contribution in [1.29, 1.82) is 0 Å². The Labute approximate surface area is 160 Å². The summed E-state index contributed by atoms with van der Waals surface area (Å²) in [5, 5.41) is 8.85. The van der Waals surface area contributed by atoms with E-state index in [1.54, 1.807) is 0 Å². The van der Waals surface area contributed by atoms with Gasteiger partial charge in [0.05, 0.1) is 5.69 Å². The average molecular weight is 368 g/mol. The Morgan fingerprint density at radius 1 is 1.22 bits per heavy atom. The lowest BCUT2D eigenvalue weighted by Crippen LogP contribution is -2.43. The van der Waals surface area contributed by atoms with Crippen LogP contribution in [-0.4, -0.2) is 48.6 Å². The van der Waals surface area contributed by atoms with Crippen LogP contribution in [0.1, 0.15) is 37.3 Å². The maximum Gasteiger partial charge on any atom is 0.267 e. The molecule has 0 unspecified atom stereocenters. The summed E-state index contributed by atoms with van der Waals surface area (Å²) < 4.78 is 0. The minimum Gasteiger partial charge on any atom is -0.345 e. The molecule has 0 aliphatic carbocycles. The molecular formula is C21H28N4O2. The zero-order valence-electron chi connectivity index (χ0n) is 16.6. The Morgan fingerprint density at radius 2 is 2.00 bits per heavy atom. The van der Waals surface area contributed by atoms with E-state index in [1.807, 2.05) is 39.0 Å². The number of amides is 2. The molecule has 0 fully saturated rings. The zero-order chi connectivity index (χ0) is 19.6. The van der Waals surface area contributed by atoms with E-state index in [-0.39, 0.29) is 17.9 Å². The topological polar surface area (TPSA) is 65.0 Å². The second kappa shape index (κ2) is 8.05. The lowest BCUT2D eigenvalue weighted by Gasteiger charge is -2.27. The van der Waals surface area contributed by atoms with Gasteiger partial charge in [0.1, 0.15) is 5.71 Å². The normalized spacial score (nSPS) is 19.4. The Bertz CT molecular complexity index is 812. The maximum absolute atomic E-state index is 12.7. The first-order valence-electron chi connectivity index (χ1n) is 9.51. The van der Waals surface area contributed by atoms with Gasteiger partial charge in [-0.05, 0) is 57.0 Å². The lowest BCUT2D eigenvalue weighted by molar-refractivity contribution is -0.119. The van der Waals surface area contributed by atoms with Gasteiger partial charge >= 0.3 is 0 Å². The second-order valence-corrected chi connectivity index (χ2v) is 7.53. The summed E-state index contributed by atoms with van der Waals surface area (Å²) in [6, 6.07) is 5.88. The van der Waals surface area contributed by atoms with Crippen molar-refractivity contribution in [3.63, 3.8) is 0 Å². The van der Waals surface area contributed by atoms with Crippen molar-refractivity contribution >= 4 is 23.2 Å². The molecule has 2 aliphatic rings. The summed E-state index contributed by atoms with van der Waals surface area (Å²) in [6.07, 6.45) is 3.81. The van der Waals surface area contributed by atoms with Crippen molar-refractivity contribution in [2.24, 2.45) is 5.10 Å². The van der Waals surface area contributed by atoms with Crippen molar-refractivity contribution in [2.45, 2.75) is 46.1 Å². The molecule has 144 valence electrons. The van der Waals surface area contributed by atoms with Crippen LogP contribution in [0.25, 0.3) is 0 Å². The summed E-state index contributed by atoms with van der Waals surface area (Å²) in [4.78, 5) is 27.4. The van der Waals surface area contributed by atoms with Gasteiger partial charge in [0, 0.05) is 32.0 Å². The van der Waals surface area contributed by atoms with E-state index < -0.39 is 0 Å². The molecule has 0 saturated heterocycles.